The van der Waals surface area contributed by atoms with E-state index in [0.717, 1.165) is 12.0 Å². The van der Waals surface area contributed by atoms with E-state index in [2.05, 4.69) is 0 Å². The molecule has 1 aromatic carbocycles. The Morgan fingerprint density at radius 2 is 2.28 bits per heavy atom. The summed E-state index contributed by atoms with van der Waals surface area (Å²) in [4.78, 5) is 13.5. The number of ether oxygens (including phenoxy) is 2. The molecule has 0 aliphatic carbocycles. The van der Waals surface area contributed by atoms with Crippen LogP contribution in [0, 0.1) is 5.82 Å². The van der Waals surface area contributed by atoms with E-state index in [4.69, 9.17) is 9.47 Å². The first-order chi connectivity index (χ1) is 8.72. The van der Waals surface area contributed by atoms with Gasteiger partial charge < -0.3 is 14.4 Å². The minimum atomic E-state index is -0.325. The third-order valence-electron chi connectivity index (χ3n) is 2.90. The van der Waals surface area contributed by atoms with Gasteiger partial charge >= 0.3 is 0 Å². The van der Waals surface area contributed by atoms with E-state index in [9.17, 15) is 9.18 Å². The molecule has 0 bridgehead atoms. The van der Waals surface area contributed by atoms with Crippen LogP contribution in [0.2, 0.25) is 0 Å². The molecule has 1 aromatic rings. The average molecular weight is 253 g/mol. The van der Waals surface area contributed by atoms with E-state index in [0.29, 0.717) is 25.4 Å². The fraction of sp³-hybridized carbons (Fsp3) is 0.462. The Labute approximate surface area is 105 Å². The molecule has 0 saturated heterocycles. The lowest BCUT2D eigenvalue weighted by Crippen LogP contribution is -2.32. The molecule has 1 aliphatic rings. The normalized spacial score (nSPS) is 13.8. The van der Waals surface area contributed by atoms with Crippen LogP contribution in [0.3, 0.4) is 0 Å². The summed E-state index contributed by atoms with van der Waals surface area (Å²) in [5.74, 6) is -0.468. The zero-order chi connectivity index (χ0) is 13.0. The summed E-state index contributed by atoms with van der Waals surface area (Å²) in [6.07, 6.45) is 0.763. The van der Waals surface area contributed by atoms with Crippen molar-refractivity contribution in [1.82, 2.24) is 0 Å². The average Bonchev–Trinajstić information content (AvgIpc) is 2.77. The van der Waals surface area contributed by atoms with Crippen LogP contribution in [-0.2, 0) is 20.7 Å². The molecule has 0 atom stereocenters. The van der Waals surface area contributed by atoms with Gasteiger partial charge in [0.15, 0.2) is 0 Å². The second-order valence-corrected chi connectivity index (χ2v) is 4.11. The summed E-state index contributed by atoms with van der Waals surface area (Å²) in [5.41, 5.74) is 1.66. The minimum Gasteiger partial charge on any atom is -0.382 e. The highest BCUT2D eigenvalue weighted by Crippen LogP contribution is 2.28. The van der Waals surface area contributed by atoms with Gasteiger partial charge in [-0.1, -0.05) is 6.07 Å². The molecule has 0 radical (unpaired) electrons. The molecule has 0 fully saturated rings. The van der Waals surface area contributed by atoms with Gasteiger partial charge in [-0.25, -0.2) is 4.39 Å². The summed E-state index contributed by atoms with van der Waals surface area (Å²) in [7, 11) is 1.57. The fourth-order valence-corrected chi connectivity index (χ4v) is 1.99. The second kappa shape index (κ2) is 5.93. The Bertz CT molecular complexity index is 436. The highest BCUT2D eigenvalue weighted by Gasteiger charge is 2.24. The number of carbonyl (C=O) groups is 1. The zero-order valence-corrected chi connectivity index (χ0v) is 10.3. The van der Waals surface area contributed by atoms with Gasteiger partial charge in [0.25, 0.3) is 5.91 Å². The van der Waals surface area contributed by atoms with Crippen molar-refractivity contribution in [2.75, 3.05) is 38.4 Å². The summed E-state index contributed by atoms with van der Waals surface area (Å²) < 4.78 is 23.2. The van der Waals surface area contributed by atoms with Crippen LogP contribution in [0.15, 0.2) is 18.2 Å². The molecule has 5 heteroatoms. The third-order valence-corrected chi connectivity index (χ3v) is 2.90. The SMILES string of the molecule is COCCOCC(=O)N1CCc2ccc(F)cc21. The summed E-state index contributed by atoms with van der Waals surface area (Å²) in [5, 5.41) is 0. The first kappa shape index (κ1) is 13.0. The van der Waals surface area contributed by atoms with Crippen LogP contribution in [0.5, 0.6) is 0 Å². The summed E-state index contributed by atoms with van der Waals surface area (Å²) in [6, 6.07) is 4.54. The summed E-state index contributed by atoms with van der Waals surface area (Å²) >= 11 is 0. The van der Waals surface area contributed by atoms with Crippen molar-refractivity contribution >= 4 is 11.6 Å². The maximum absolute atomic E-state index is 13.2. The van der Waals surface area contributed by atoms with Gasteiger partial charge in [-0.2, -0.15) is 0 Å². The maximum atomic E-state index is 13.2. The van der Waals surface area contributed by atoms with Gasteiger partial charge in [0.1, 0.15) is 12.4 Å². The van der Waals surface area contributed by atoms with Crippen molar-refractivity contribution in [2.45, 2.75) is 6.42 Å². The quantitative estimate of drug-likeness (QED) is 0.744. The molecule has 98 valence electrons. The van der Waals surface area contributed by atoms with Gasteiger partial charge in [0.05, 0.1) is 13.2 Å². The molecule has 0 spiro atoms. The van der Waals surface area contributed by atoms with E-state index < -0.39 is 0 Å². The monoisotopic (exact) mass is 253 g/mol. The van der Waals surface area contributed by atoms with Crippen molar-refractivity contribution in [3.63, 3.8) is 0 Å². The van der Waals surface area contributed by atoms with E-state index in [1.165, 1.54) is 12.1 Å². The fourth-order valence-electron chi connectivity index (χ4n) is 1.99. The van der Waals surface area contributed by atoms with Gasteiger partial charge in [-0.3, -0.25) is 4.79 Å². The highest BCUT2D eigenvalue weighted by atomic mass is 19.1. The second-order valence-electron chi connectivity index (χ2n) is 4.11. The molecule has 0 N–H and O–H groups in total. The third kappa shape index (κ3) is 2.86. The van der Waals surface area contributed by atoms with Gasteiger partial charge in [-0.15, -0.1) is 0 Å². The number of benzene rings is 1. The van der Waals surface area contributed by atoms with E-state index >= 15 is 0 Å². The predicted molar refractivity (Wildman–Crippen MR) is 65.2 cm³/mol. The Kier molecular flexibility index (Phi) is 4.28. The Hall–Kier alpha value is -1.46. The number of amides is 1. The summed E-state index contributed by atoms with van der Waals surface area (Å²) in [6.45, 7) is 1.43. The molecule has 1 heterocycles. The predicted octanol–water partition coefficient (Wildman–Crippen LogP) is 1.38. The number of hydrogen-bond donors (Lipinski definition) is 0. The lowest BCUT2D eigenvalue weighted by Gasteiger charge is -2.17. The molecule has 0 aromatic heterocycles. The van der Waals surface area contributed by atoms with Crippen molar-refractivity contribution < 1.29 is 18.7 Å². The first-order valence-corrected chi connectivity index (χ1v) is 5.88. The standard InChI is InChI=1S/C13H16FNO3/c1-17-6-7-18-9-13(16)15-5-4-10-2-3-11(14)8-12(10)15/h2-3,8H,4-7,9H2,1H3. The number of rotatable bonds is 5. The number of fused-ring (bicyclic) bond motifs is 1. The molecule has 1 aliphatic heterocycles. The number of nitrogens with zero attached hydrogens (tertiary/aromatic N) is 1. The molecule has 1 amide bonds. The zero-order valence-electron chi connectivity index (χ0n) is 10.3. The molecular formula is C13H16FNO3. The molecule has 0 unspecified atom stereocenters. The Morgan fingerprint density at radius 1 is 1.44 bits per heavy atom. The van der Waals surface area contributed by atoms with Gasteiger partial charge in [0.2, 0.25) is 0 Å². The van der Waals surface area contributed by atoms with Crippen LogP contribution in [-0.4, -0.2) is 39.4 Å². The van der Waals surface area contributed by atoms with E-state index in [-0.39, 0.29) is 18.3 Å². The topological polar surface area (TPSA) is 38.8 Å². The number of halogens is 1. The van der Waals surface area contributed by atoms with Crippen LogP contribution in [0.25, 0.3) is 0 Å². The number of methoxy groups -OCH3 is 1. The Balaban J connectivity index is 1.95. The number of anilines is 1. The molecule has 4 nitrogen and oxygen atoms in total. The lowest BCUT2D eigenvalue weighted by molar-refractivity contribution is -0.123. The molecule has 2 rings (SSSR count). The van der Waals surface area contributed by atoms with Crippen LogP contribution in [0.4, 0.5) is 10.1 Å². The van der Waals surface area contributed by atoms with E-state index in [1.54, 1.807) is 18.1 Å². The maximum Gasteiger partial charge on any atom is 0.252 e. The van der Waals surface area contributed by atoms with E-state index in [1.807, 2.05) is 0 Å². The minimum absolute atomic E-state index is 0.000681. The van der Waals surface area contributed by atoms with Crippen LogP contribution >= 0.6 is 0 Å². The number of carbonyl (C=O) groups excluding carboxylic acids is 1. The van der Waals surface area contributed by atoms with Gasteiger partial charge in [0, 0.05) is 19.3 Å². The van der Waals surface area contributed by atoms with Crippen molar-refractivity contribution in [2.24, 2.45) is 0 Å². The molecule has 18 heavy (non-hydrogen) atoms. The lowest BCUT2D eigenvalue weighted by atomic mass is 10.2. The molecule has 0 saturated carbocycles. The van der Waals surface area contributed by atoms with Crippen molar-refractivity contribution in [3.05, 3.63) is 29.6 Å². The van der Waals surface area contributed by atoms with Crippen LogP contribution < -0.4 is 4.90 Å². The van der Waals surface area contributed by atoms with Gasteiger partial charge in [-0.05, 0) is 24.1 Å². The highest BCUT2D eigenvalue weighted by molar-refractivity contribution is 5.96. The van der Waals surface area contributed by atoms with Crippen molar-refractivity contribution in [1.29, 1.82) is 0 Å². The van der Waals surface area contributed by atoms with Crippen LogP contribution in [0.1, 0.15) is 5.56 Å². The smallest absolute Gasteiger partial charge is 0.252 e. The number of hydrogen-bond acceptors (Lipinski definition) is 3. The molecular weight excluding hydrogens is 237 g/mol. The van der Waals surface area contributed by atoms with Crippen molar-refractivity contribution in [3.8, 4) is 0 Å². The first-order valence-electron chi connectivity index (χ1n) is 5.88. The Morgan fingerprint density at radius 3 is 3.06 bits per heavy atom. The largest absolute Gasteiger partial charge is 0.382 e.